The van der Waals surface area contributed by atoms with Gasteiger partial charge in [0.15, 0.2) is 5.96 Å². The number of hydrogen-bond donors (Lipinski definition) is 3. The Hall–Kier alpha value is -2.47. The van der Waals surface area contributed by atoms with Crippen LogP contribution in [0.1, 0.15) is 31.6 Å². The number of aliphatic imine (C=N–C) groups is 1. The van der Waals surface area contributed by atoms with Crippen molar-refractivity contribution < 1.29 is 9.52 Å². The van der Waals surface area contributed by atoms with Crippen molar-refractivity contribution in [2.45, 2.75) is 38.8 Å². The lowest BCUT2D eigenvalue weighted by molar-refractivity contribution is 0.0437. The SMILES string of the molecule is CCNC(=NCC(C)(O)c1ccco1)NC1CCN(c2ccc(C)cc2)C1. The molecule has 0 spiro atoms. The summed E-state index contributed by atoms with van der Waals surface area (Å²) >= 11 is 0. The molecule has 0 aliphatic carbocycles. The molecule has 27 heavy (non-hydrogen) atoms. The van der Waals surface area contributed by atoms with Gasteiger partial charge in [0.2, 0.25) is 0 Å². The lowest BCUT2D eigenvalue weighted by atomic mass is 10.0. The predicted octanol–water partition coefficient (Wildman–Crippen LogP) is 2.63. The molecule has 3 N–H and O–H groups in total. The Morgan fingerprint density at radius 2 is 2.11 bits per heavy atom. The Morgan fingerprint density at radius 3 is 2.78 bits per heavy atom. The summed E-state index contributed by atoms with van der Waals surface area (Å²) in [7, 11) is 0. The molecular formula is C21H30N4O2. The number of hydrogen-bond acceptors (Lipinski definition) is 4. The van der Waals surface area contributed by atoms with Crippen LogP contribution in [0.2, 0.25) is 0 Å². The predicted molar refractivity (Wildman–Crippen MR) is 109 cm³/mol. The first-order valence-corrected chi connectivity index (χ1v) is 9.61. The highest BCUT2D eigenvalue weighted by Crippen LogP contribution is 2.22. The largest absolute Gasteiger partial charge is 0.466 e. The van der Waals surface area contributed by atoms with E-state index in [0.29, 0.717) is 11.8 Å². The van der Waals surface area contributed by atoms with Gasteiger partial charge >= 0.3 is 0 Å². The number of nitrogens with one attached hydrogen (secondary N) is 2. The van der Waals surface area contributed by atoms with Crippen LogP contribution in [-0.2, 0) is 5.60 Å². The minimum atomic E-state index is -1.13. The average Bonchev–Trinajstić information content (AvgIpc) is 3.33. The van der Waals surface area contributed by atoms with Gasteiger partial charge in [-0.25, -0.2) is 4.99 Å². The molecule has 2 aromatic rings. The number of nitrogens with zero attached hydrogens (tertiary/aromatic N) is 2. The van der Waals surface area contributed by atoms with Gasteiger partial charge in [-0.05, 0) is 51.5 Å². The highest BCUT2D eigenvalue weighted by Gasteiger charge is 2.27. The second-order valence-corrected chi connectivity index (χ2v) is 7.36. The molecule has 2 heterocycles. The fourth-order valence-electron chi connectivity index (χ4n) is 3.28. The fourth-order valence-corrected chi connectivity index (χ4v) is 3.28. The lowest BCUT2D eigenvalue weighted by Crippen LogP contribution is -2.45. The van der Waals surface area contributed by atoms with E-state index in [0.717, 1.165) is 32.0 Å². The molecule has 1 saturated heterocycles. The summed E-state index contributed by atoms with van der Waals surface area (Å²) in [5, 5.41) is 17.4. The van der Waals surface area contributed by atoms with Gasteiger partial charge in [0.25, 0.3) is 0 Å². The number of guanidine groups is 1. The van der Waals surface area contributed by atoms with Crippen molar-refractivity contribution in [2.75, 3.05) is 31.1 Å². The summed E-state index contributed by atoms with van der Waals surface area (Å²) < 4.78 is 5.33. The van der Waals surface area contributed by atoms with Gasteiger partial charge in [0.1, 0.15) is 11.4 Å². The zero-order chi connectivity index (χ0) is 19.3. The van der Waals surface area contributed by atoms with E-state index in [1.807, 2.05) is 6.92 Å². The number of benzene rings is 1. The summed E-state index contributed by atoms with van der Waals surface area (Å²) in [5.41, 5.74) is 1.40. The van der Waals surface area contributed by atoms with Crippen LogP contribution < -0.4 is 15.5 Å². The first-order valence-electron chi connectivity index (χ1n) is 9.61. The second kappa shape index (κ2) is 8.48. The fraction of sp³-hybridized carbons (Fsp3) is 0.476. The molecule has 0 bridgehead atoms. The highest BCUT2D eigenvalue weighted by atomic mass is 16.4. The van der Waals surface area contributed by atoms with Crippen LogP contribution in [0.4, 0.5) is 5.69 Å². The van der Waals surface area contributed by atoms with E-state index in [4.69, 9.17) is 4.42 Å². The van der Waals surface area contributed by atoms with E-state index in [-0.39, 0.29) is 6.54 Å². The molecule has 6 heteroatoms. The standard InChI is InChI=1S/C21H30N4O2/c1-4-22-20(23-15-21(3,26)19-6-5-13-27-19)24-17-11-12-25(14-17)18-9-7-16(2)8-10-18/h5-10,13,17,26H,4,11-12,14-15H2,1-3H3,(H2,22,23,24). The molecule has 1 fully saturated rings. The Morgan fingerprint density at radius 1 is 1.33 bits per heavy atom. The summed E-state index contributed by atoms with van der Waals surface area (Å²) in [5.74, 6) is 1.24. The van der Waals surface area contributed by atoms with Crippen molar-refractivity contribution in [3.05, 3.63) is 54.0 Å². The zero-order valence-electron chi connectivity index (χ0n) is 16.4. The maximum Gasteiger partial charge on any atom is 0.191 e. The average molecular weight is 370 g/mol. The number of rotatable bonds is 6. The van der Waals surface area contributed by atoms with Crippen LogP contribution in [-0.4, -0.2) is 43.3 Å². The van der Waals surface area contributed by atoms with Crippen LogP contribution in [0.3, 0.4) is 0 Å². The van der Waals surface area contributed by atoms with Crippen LogP contribution >= 0.6 is 0 Å². The molecule has 1 aliphatic rings. The van der Waals surface area contributed by atoms with Crippen molar-refractivity contribution in [1.82, 2.24) is 10.6 Å². The number of furan rings is 1. The first-order chi connectivity index (χ1) is 13.0. The van der Waals surface area contributed by atoms with E-state index in [1.165, 1.54) is 11.3 Å². The molecule has 0 radical (unpaired) electrons. The van der Waals surface area contributed by atoms with E-state index < -0.39 is 5.60 Å². The van der Waals surface area contributed by atoms with Gasteiger partial charge in [-0.1, -0.05) is 17.7 Å². The molecule has 0 amide bonds. The minimum Gasteiger partial charge on any atom is -0.466 e. The Balaban J connectivity index is 1.60. The molecule has 1 aromatic heterocycles. The number of aliphatic hydroxyl groups is 1. The highest BCUT2D eigenvalue weighted by molar-refractivity contribution is 5.80. The van der Waals surface area contributed by atoms with E-state index in [2.05, 4.69) is 51.7 Å². The Labute approximate surface area is 161 Å². The van der Waals surface area contributed by atoms with Gasteiger partial charge in [0.05, 0.1) is 12.8 Å². The molecule has 2 atom stereocenters. The lowest BCUT2D eigenvalue weighted by Gasteiger charge is -2.22. The minimum absolute atomic E-state index is 0.226. The first kappa shape index (κ1) is 19.3. The summed E-state index contributed by atoms with van der Waals surface area (Å²) in [6.07, 6.45) is 2.61. The molecule has 2 unspecified atom stereocenters. The van der Waals surface area contributed by atoms with Crippen LogP contribution in [0.25, 0.3) is 0 Å². The molecule has 3 rings (SSSR count). The van der Waals surface area contributed by atoms with Crippen molar-refractivity contribution in [3.63, 3.8) is 0 Å². The summed E-state index contributed by atoms with van der Waals surface area (Å²) in [6, 6.07) is 12.5. The summed E-state index contributed by atoms with van der Waals surface area (Å²) in [4.78, 5) is 6.97. The van der Waals surface area contributed by atoms with Gasteiger partial charge < -0.3 is 25.1 Å². The summed E-state index contributed by atoms with van der Waals surface area (Å²) in [6.45, 7) is 8.80. The van der Waals surface area contributed by atoms with E-state index in [9.17, 15) is 5.11 Å². The topological polar surface area (TPSA) is 73.0 Å². The van der Waals surface area contributed by atoms with Gasteiger partial charge in [-0.3, -0.25) is 0 Å². The number of aryl methyl sites for hydroxylation is 1. The van der Waals surface area contributed by atoms with E-state index >= 15 is 0 Å². The van der Waals surface area contributed by atoms with Gasteiger partial charge in [-0.2, -0.15) is 0 Å². The Kier molecular flexibility index (Phi) is 6.06. The molecule has 1 aromatic carbocycles. The van der Waals surface area contributed by atoms with Crippen molar-refractivity contribution in [2.24, 2.45) is 4.99 Å². The quantitative estimate of drug-likeness (QED) is 0.539. The van der Waals surface area contributed by atoms with Gasteiger partial charge in [0, 0.05) is 31.4 Å². The monoisotopic (exact) mass is 370 g/mol. The third kappa shape index (κ3) is 5.04. The van der Waals surface area contributed by atoms with Crippen molar-refractivity contribution in [3.8, 4) is 0 Å². The van der Waals surface area contributed by atoms with Gasteiger partial charge in [-0.15, -0.1) is 0 Å². The third-order valence-electron chi connectivity index (χ3n) is 4.87. The smallest absolute Gasteiger partial charge is 0.191 e. The number of anilines is 1. The van der Waals surface area contributed by atoms with Crippen LogP contribution in [0, 0.1) is 6.92 Å². The van der Waals surface area contributed by atoms with Crippen LogP contribution in [0.5, 0.6) is 0 Å². The maximum absolute atomic E-state index is 10.6. The normalized spacial score (nSPS) is 19.8. The molecule has 146 valence electrons. The van der Waals surface area contributed by atoms with Crippen LogP contribution in [0.15, 0.2) is 52.1 Å². The molecule has 1 aliphatic heterocycles. The van der Waals surface area contributed by atoms with Crippen molar-refractivity contribution >= 4 is 11.6 Å². The van der Waals surface area contributed by atoms with Crippen molar-refractivity contribution in [1.29, 1.82) is 0 Å². The zero-order valence-corrected chi connectivity index (χ0v) is 16.4. The maximum atomic E-state index is 10.6. The second-order valence-electron chi connectivity index (χ2n) is 7.36. The molecule has 0 saturated carbocycles. The van der Waals surface area contributed by atoms with E-state index in [1.54, 1.807) is 25.3 Å². The molecular weight excluding hydrogens is 340 g/mol. The molecule has 6 nitrogen and oxygen atoms in total. The third-order valence-corrected chi connectivity index (χ3v) is 4.87. The Bertz CT molecular complexity index is 738.